The predicted molar refractivity (Wildman–Crippen MR) is 149 cm³/mol. The van der Waals surface area contributed by atoms with Crippen LogP contribution < -0.4 is 14.8 Å². The fourth-order valence-electron chi connectivity index (χ4n) is 5.15. The Hall–Kier alpha value is -3.39. The number of benzene rings is 2. The summed E-state index contributed by atoms with van der Waals surface area (Å²) in [5.41, 5.74) is 4.22. The highest BCUT2D eigenvalue weighted by Gasteiger charge is 2.41. The molecule has 0 aromatic heterocycles. The van der Waals surface area contributed by atoms with E-state index in [2.05, 4.69) is 12.2 Å². The van der Waals surface area contributed by atoms with Gasteiger partial charge in [-0.1, -0.05) is 25.1 Å². The number of ketones is 1. The van der Waals surface area contributed by atoms with Crippen molar-refractivity contribution in [1.82, 2.24) is 5.32 Å². The van der Waals surface area contributed by atoms with Crippen LogP contribution in [-0.2, 0) is 14.3 Å². The lowest BCUT2D eigenvalue weighted by Crippen LogP contribution is -2.36. The number of aromatic hydroxyl groups is 1. The van der Waals surface area contributed by atoms with E-state index >= 15 is 0 Å². The van der Waals surface area contributed by atoms with Gasteiger partial charge in [0.15, 0.2) is 17.3 Å². The van der Waals surface area contributed by atoms with Gasteiger partial charge >= 0.3 is 5.97 Å². The summed E-state index contributed by atoms with van der Waals surface area (Å²) in [6, 6.07) is 12.8. The van der Waals surface area contributed by atoms with Crippen molar-refractivity contribution in [3.8, 4) is 17.2 Å². The Morgan fingerprint density at radius 3 is 2.53 bits per heavy atom. The third kappa shape index (κ3) is 5.85. The lowest BCUT2D eigenvalue weighted by atomic mass is 9.71. The van der Waals surface area contributed by atoms with Gasteiger partial charge < -0.3 is 24.6 Å². The molecular weight excluding hydrogens is 502 g/mol. The number of ether oxygens (including phenoxy) is 3. The SMILES string of the molecule is CCOc1cc([C@H]2C(C(=O)OCCSCC)=C(C)NC3=C2C(=O)C[C@@H](c2ccc(OC)cc2)C3)ccc1O. The summed E-state index contributed by atoms with van der Waals surface area (Å²) in [5.74, 6) is 1.66. The molecule has 2 aromatic carbocycles. The van der Waals surface area contributed by atoms with Crippen molar-refractivity contribution in [3.63, 3.8) is 0 Å². The van der Waals surface area contributed by atoms with E-state index in [1.54, 1.807) is 37.1 Å². The molecule has 2 aromatic rings. The Morgan fingerprint density at radius 2 is 1.84 bits per heavy atom. The number of Topliss-reactive ketones (excluding diaryl/α,β-unsaturated/α-hetero) is 1. The number of methoxy groups -OCH3 is 1. The topological polar surface area (TPSA) is 94.1 Å². The molecule has 2 atom stereocenters. The van der Waals surface area contributed by atoms with Gasteiger partial charge in [0.05, 0.1) is 19.3 Å². The first-order valence-electron chi connectivity index (χ1n) is 13.0. The van der Waals surface area contributed by atoms with Crippen molar-refractivity contribution < 1.29 is 28.9 Å². The van der Waals surface area contributed by atoms with Crippen LogP contribution in [0.15, 0.2) is 65.0 Å². The quantitative estimate of drug-likeness (QED) is 0.305. The second kappa shape index (κ2) is 12.4. The number of esters is 1. The largest absolute Gasteiger partial charge is 0.504 e. The summed E-state index contributed by atoms with van der Waals surface area (Å²) in [7, 11) is 1.63. The number of hydrogen-bond donors (Lipinski definition) is 2. The van der Waals surface area contributed by atoms with Crippen LogP contribution in [-0.4, -0.2) is 48.7 Å². The van der Waals surface area contributed by atoms with Crippen LogP contribution in [0.4, 0.5) is 0 Å². The number of carbonyl (C=O) groups is 2. The Bertz CT molecular complexity index is 1250. The third-order valence-electron chi connectivity index (χ3n) is 6.92. The van der Waals surface area contributed by atoms with E-state index in [-0.39, 0.29) is 17.5 Å². The summed E-state index contributed by atoms with van der Waals surface area (Å²) in [4.78, 5) is 27.2. The molecule has 0 spiro atoms. The van der Waals surface area contributed by atoms with Crippen LogP contribution in [0, 0.1) is 0 Å². The highest BCUT2D eigenvalue weighted by Crippen LogP contribution is 2.47. The fraction of sp³-hybridized carbons (Fsp3) is 0.400. The predicted octanol–water partition coefficient (Wildman–Crippen LogP) is 5.46. The zero-order chi connectivity index (χ0) is 27.2. The number of carbonyl (C=O) groups excluding carboxylic acids is 2. The summed E-state index contributed by atoms with van der Waals surface area (Å²) in [6.45, 7) is 6.41. The molecule has 2 aliphatic rings. The summed E-state index contributed by atoms with van der Waals surface area (Å²) >= 11 is 1.70. The molecule has 0 radical (unpaired) electrons. The fourth-order valence-corrected chi connectivity index (χ4v) is 5.64. The molecule has 2 N–H and O–H groups in total. The van der Waals surface area contributed by atoms with Crippen molar-refractivity contribution in [2.75, 3.05) is 31.8 Å². The number of phenols is 1. The van der Waals surface area contributed by atoms with Crippen molar-refractivity contribution in [3.05, 3.63) is 76.1 Å². The first kappa shape index (κ1) is 27.6. The number of phenolic OH excluding ortho intramolecular Hbond substituents is 1. The van der Waals surface area contributed by atoms with Gasteiger partial charge in [-0.15, -0.1) is 0 Å². The van der Waals surface area contributed by atoms with Crippen molar-refractivity contribution >= 4 is 23.5 Å². The van der Waals surface area contributed by atoms with E-state index in [1.807, 2.05) is 38.1 Å². The lowest BCUT2D eigenvalue weighted by Gasteiger charge is -2.36. The van der Waals surface area contributed by atoms with E-state index < -0.39 is 11.9 Å². The zero-order valence-corrected chi connectivity index (χ0v) is 23.2. The van der Waals surface area contributed by atoms with Crippen LogP contribution in [0.5, 0.6) is 17.2 Å². The van der Waals surface area contributed by atoms with Gasteiger partial charge in [-0.25, -0.2) is 4.79 Å². The zero-order valence-electron chi connectivity index (χ0n) is 22.3. The minimum absolute atomic E-state index is 0.00600. The smallest absolute Gasteiger partial charge is 0.336 e. The molecule has 0 unspecified atom stereocenters. The first-order valence-corrected chi connectivity index (χ1v) is 14.1. The number of hydrogen-bond acceptors (Lipinski definition) is 8. The Balaban J connectivity index is 1.74. The van der Waals surface area contributed by atoms with E-state index in [9.17, 15) is 14.7 Å². The maximum atomic E-state index is 13.8. The molecular formula is C30H35NO6S. The third-order valence-corrected chi connectivity index (χ3v) is 7.78. The van der Waals surface area contributed by atoms with Gasteiger partial charge in [0.1, 0.15) is 12.4 Å². The molecule has 38 heavy (non-hydrogen) atoms. The molecule has 1 aliphatic carbocycles. The molecule has 0 amide bonds. The summed E-state index contributed by atoms with van der Waals surface area (Å²) in [6.07, 6.45) is 0.960. The molecule has 0 saturated heterocycles. The van der Waals surface area contributed by atoms with E-state index in [0.29, 0.717) is 60.0 Å². The molecule has 1 aliphatic heterocycles. The number of dihydropyridines is 1. The second-order valence-corrected chi connectivity index (χ2v) is 10.7. The van der Waals surface area contributed by atoms with Crippen LogP contribution in [0.2, 0.25) is 0 Å². The molecule has 0 saturated carbocycles. The van der Waals surface area contributed by atoms with Crippen LogP contribution in [0.25, 0.3) is 0 Å². The van der Waals surface area contributed by atoms with Crippen LogP contribution in [0.1, 0.15) is 56.6 Å². The minimum atomic E-state index is -0.623. The van der Waals surface area contributed by atoms with Crippen LogP contribution in [0.3, 0.4) is 0 Å². The van der Waals surface area contributed by atoms with E-state index in [0.717, 1.165) is 22.8 Å². The van der Waals surface area contributed by atoms with Crippen molar-refractivity contribution in [2.45, 2.75) is 45.4 Å². The number of nitrogens with one attached hydrogen (secondary N) is 1. The summed E-state index contributed by atoms with van der Waals surface area (Å²) < 4.78 is 16.6. The lowest BCUT2D eigenvalue weighted by molar-refractivity contribution is -0.138. The first-order chi connectivity index (χ1) is 18.4. The molecule has 8 heteroatoms. The van der Waals surface area contributed by atoms with E-state index in [1.165, 1.54) is 0 Å². The monoisotopic (exact) mass is 537 g/mol. The highest BCUT2D eigenvalue weighted by molar-refractivity contribution is 7.99. The van der Waals surface area contributed by atoms with Gasteiger partial charge in [-0.3, -0.25) is 4.79 Å². The Labute approximate surface area is 228 Å². The Kier molecular flexibility index (Phi) is 9.05. The van der Waals surface area contributed by atoms with Gasteiger partial charge in [0.25, 0.3) is 0 Å². The standard InChI is InChI=1S/C30H35NO6S/c1-5-36-26-17-20(9-12-24(26)32)28-27(30(34)37-13-14-38-6-2)18(3)31-23-15-21(16-25(33)29(23)28)19-7-10-22(35-4)11-8-19/h7-12,17,21,28,31-32H,5-6,13-16H2,1-4H3/t21-,28-/m0/s1. The number of thioether (sulfide) groups is 1. The maximum absolute atomic E-state index is 13.8. The van der Waals surface area contributed by atoms with Crippen molar-refractivity contribution in [1.29, 1.82) is 0 Å². The average molecular weight is 538 g/mol. The molecule has 1 heterocycles. The van der Waals surface area contributed by atoms with Gasteiger partial charge in [0.2, 0.25) is 0 Å². The normalized spacial score (nSPS) is 19.1. The van der Waals surface area contributed by atoms with E-state index in [4.69, 9.17) is 14.2 Å². The molecule has 202 valence electrons. The van der Waals surface area contributed by atoms with Crippen molar-refractivity contribution in [2.24, 2.45) is 0 Å². The average Bonchev–Trinajstić information content (AvgIpc) is 2.91. The van der Waals surface area contributed by atoms with Crippen LogP contribution >= 0.6 is 11.8 Å². The number of allylic oxidation sites excluding steroid dienone is 3. The highest BCUT2D eigenvalue weighted by atomic mass is 32.2. The molecule has 4 rings (SSSR count). The second-order valence-electron chi connectivity index (χ2n) is 9.28. The molecule has 7 nitrogen and oxygen atoms in total. The molecule has 0 bridgehead atoms. The Morgan fingerprint density at radius 1 is 1.11 bits per heavy atom. The minimum Gasteiger partial charge on any atom is -0.504 e. The van der Waals surface area contributed by atoms with Gasteiger partial charge in [0, 0.05) is 35.1 Å². The van der Waals surface area contributed by atoms with Gasteiger partial charge in [-0.2, -0.15) is 11.8 Å². The summed E-state index contributed by atoms with van der Waals surface area (Å²) in [5, 5.41) is 13.7. The maximum Gasteiger partial charge on any atom is 0.336 e. The molecule has 0 fully saturated rings. The van der Waals surface area contributed by atoms with Gasteiger partial charge in [-0.05, 0) is 67.3 Å². The number of rotatable bonds is 10.